The van der Waals surface area contributed by atoms with E-state index in [1.54, 1.807) is 24.3 Å². The number of aliphatic hydroxyl groups is 2. The minimum absolute atomic E-state index is 0.0184. The summed E-state index contributed by atoms with van der Waals surface area (Å²) in [6.45, 7) is 10.3. The van der Waals surface area contributed by atoms with Crippen LogP contribution in [0.1, 0.15) is 118 Å². The van der Waals surface area contributed by atoms with Gasteiger partial charge in [-0.3, -0.25) is 0 Å². The number of aryl methyl sites for hydroxylation is 2. The van der Waals surface area contributed by atoms with Crippen LogP contribution < -0.4 is 0 Å². The van der Waals surface area contributed by atoms with E-state index >= 15 is 0 Å². The number of carboxylic acids is 2. The summed E-state index contributed by atoms with van der Waals surface area (Å²) in [7, 11) is 0. The molecule has 0 aromatic heterocycles. The molecule has 2 atom stereocenters. The standard InChI is InChI=1S/2C11H14O2.C10H22O2/c2*1-2-3-4-9-5-7-10(8-6-9)11(12)13;1-4-6-9(11)8(3)10(12)7-5-2/h2*5-8H,2-4H2,1H3,(H,12,13);8-12H,4-7H2,1-3H3. The van der Waals surface area contributed by atoms with Crippen LogP contribution in [0.3, 0.4) is 0 Å². The molecule has 0 heterocycles. The van der Waals surface area contributed by atoms with E-state index in [1.807, 2.05) is 45.0 Å². The molecule has 0 fully saturated rings. The van der Waals surface area contributed by atoms with Gasteiger partial charge in [-0.1, -0.05) is 84.6 Å². The third-order valence-electron chi connectivity index (χ3n) is 6.42. The Hall–Kier alpha value is -2.70. The highest BCUT2D eigenvalue weighted by atomic mass is 16.4. The minimum atomic E-state index is -0.859. The number of benzene rings is 2. The second-order valence-electron chi connectivity index (χ2n) is 9.78. The molecule has 2 rings (SSSR count). The van der Waals surface area contributed by atoms with Gasteiger partial charge in [-0.2, -0.15) is 0 Å². The molecule has 0 radical (unpaired) electrons. The summed E-state index contributed by atoms with van der Waals surface area (Å²) >= 11 is 0. The van der Waals surface area contributed by atoms with Crippen LogP contribution in [0.2, 0.25) is 0 Å². The predicted molar refractivity (Wildman–Crippen MR) is 155 cm³/mol. The van der Waals surface area contributed by atoms with E-state index in [4.69, 9.17) is 10.2 Å². The molecule has 0 aliphatic carbocycles. The lowest BCUT2D eigenvalue weighted by Gasteiger charge is -2.23. The van der Waals surface area contributed by atoms with Gasteiger partial charge in [0.2, 0.25) is 0 Å². The average Bonchev–Trinajstić information content (AvgIpc) is 2.91. The van der Waals surface area contributed by atoms with Crippen molar-refractivity contribution in [1.29, 1.82) is 0 Å². The normalized spacial score (nSPS) is 12.7. The first-order chi connectivity index (χ1) is 18.1. The summed E-state index contributed by atoms with van der Waals surface area (Å²) in [5.74, 6) is -1.70. The molecule has 214 valence electrons. The van der Waals surface area contributed by atoms with Crippen molar-refractivity contribution in [2.24, 2.45) is 5.92 Å². The lowest BCUT2D eigenvalue weighted by atomic mass is 9.92. The van der Waals surface area contributed by atoms with Gasteiger partial charge in [-0.15, -0.1) is 0 Å². The van der Waals surface area contributed by atoms with Gasteiger partial charge in [-0.25, -0.2) is 9.59 Å². The summed E-state index contributed by atoms with van der Waals surface area (Å²) in [5, 5.41) is 36.4. The number of aliphatic hydroxyl groups excluding tert-OH is 2. The van der Waals surface area contributed by atoms with Crippen molar-refractivity contribution in [3.05, 3.63) is 70.8 Å². The topological polar surface area (TPSA) is 115 Å². The molecular formula is C32H50O6. The van der Waals surface area contributed by atoms with Crippen molar-refractivity contribution < 1.29 is 30.0 Å². The zero-order valence-corrected chi connectivity index (χ0v) is 24.0. The zero-order valence-electron chi connectivity index (χ0n) is 24.0. The van der Waals surface area contributed by atoms with Crippen molar-refractivity contribution >= 4 is 11.9 Å². The molecule has 0 spiro atoms. The molecule has 0 amide bonds. The number of rotatable bonds is 14. The number of unbranched alkanes of at least 4 members (excludes halogenated alkanes) is 2. The van der Waals surface area contributed by atoms with E-state index < -0.39 is 11.9 Å². The number of hydrogen-bond donors (Lipinski definition) is 4. The van der Waals surface area contributed by atoms with Gasteiger partial charge in [0.15, 0.2) is 0 Å². The second kappa shape index (κ2) is 21.3. The van der Waals surface area contributed by atoms with Gasteiger partial charge < -0.3 is 20.4 Å². The quantitative estimate of drug-likeness (QED) is 0.202. The Kier molecular flexibility index (Phi) is 19.7. The average molecular weight is 531 g/mol. The van der Waals surface area contributed by atoms with Crippen molar-refractivity contribution in [3.8, 4) is 0 Å². The first-order valence-corrected chi connectivity index (χ1v) is 14.1. The van der Waals surface area contributed by atoms with Crippen LogP contribution in [0.25, 0.3) is 0 Å². The zero-order chi connectivity index (χ0) is 28.9. The van der Waals surface area contributed by atoms with Crippen molar-refractivity contribution in [2.75, 3.05) is 0 Å². The maximum Gasteiger partial charge on any atom is 0.335 e. The van der Waals surface area contributed by atoms with Crippen LogP contribution in [-0.2, 0) is 12.8 Å². The van der Waals surface area contributed by atoms with Crippen LogP contribution >= 0.6 is 0 Å². The second-order valence-corrected chi connectivity index (χ2v) is 9.78. The Bertz CT molecular complexity index is 802. The molecule has 0 saturated heterocycles. The fourth-order valence-corrected chi connectivity index (χ4v) is 3.76. The van der Waals surface area contributed by atoms with Crippen molar-refractivity contribution in [1.82, 2.24) is 0 Å². The number of aromatic carboxylic acids is 2. The maximum atomic E-state index is 10.5. The Morgan fingerprint density at radius 1 is 0.605 bits per heavy atom. The molecule has 6 heteroatoms. The Labute approximate surface area is 229 Å². The molecule has 0 bridgehead atoms. The molecule has 38 heavy (non-hydrogen) atoms. The van der Waals surface area contributed by atoms with Gasteiger partial charge in [0.05, 0.1) is 23.3 Å². The monoisotopic (exact) mass is 530 g/mol. The van der Waals surface area contributed by atoms with Gasteiger partial charge in [0.1, 0.15) is 0 Å². The van der Waals surface area contributed by atoms with Crippen LogP contribution in [0.4, 0.5) is 0 Å². The van der Waals surface area contributed by atoms with Crippen LogP contribution in [-0.4, -0.2) is 44.6 Å². The van der Waals surface area contributed by atoms with Crippen LogP contribution in [0.15, 0.2) is 48.5 Å². The van der Waals surface area contributed by atoms with Crippen LogP contribution in [0, 0.1) is 5.92 Å². The van der Waals surface area contributed by atoms with Crippen molar-refractivity contribution in [3.63, 3.8) is 0 Å². The number of carboxylic acid groups (broad SMARTS) is 2. The van der Waals surface area contributed by atoms with Crippen molar-refractivity contribution in [2.45, 2.75) is 111 Å². The number of carbonyl (C=O) groups is 2. The van der Waals surface area contributed by atoms with Gasteiger partial charge in [0, 0.05) is 5.92 Å². The largest absolute Gasteiger partial charge is 0.478 e. The molecule has 2 aromatic carbocycles. The third kappa shape index (κ3) is 15.5. The van der Waals surface area contributed by atoms with E-state index in [9.17, 15) is 19.8 Å². The lowest BCUT2D eigenvalue weighted by Crippen LogP contribution is -2.29. The molecular weight excluding hydrogens is 480 g/mol. The fraction of sp³-hybridized carbons (Fsp3) is 0.562. The summed E-state index contributed by atoms with van der Waals surface area (Å²) in [6, 6.07) is 14.2. The highest BCUT2D eigenvalue weighted by Crippen LogP contribution is 2.16. The van der Waals surface area contributed by atoms with E-state index in [2.05, 4.69) is 13.8 Å². The summed E-state index contributed by atoms with van der Waals surface area (Å²) in [5.41, 5.74) is 3.15. The molecule has 0 aliphatic rings. The highest BCUT2D eigenvalue weighted by Gasteiger charge is 2.20. The van der Waals surface area contributed by atoms with E-state index in [-0.39, 0.29) is 18.1 Å². The van der Waals surface area contributed by atoms with Crippen LogP contribution in [0.5, 0.6) is 0 Å². The molecule has 4 N–H and O–H groups in total. The smallest absolute Gasteiger partial charge is 0.335 e. The van der Waals surface area contributed by atoms with E-state index in [0.29, 0.717) is 11.1 Å². The Morgan fingerprint density at radius 3 is 1.16 bits per heavy atom. The SMILES string of the molecule is CCCC(O)C(C)C(O)CCC.CCCCc1ccc(C(=O)O)cc1.CCCCc1ccc(C(=O)O)cc1. The minimum Gasteiger partial charge on any atom is -0.478 e. The first-order valence-electron chi connectivity index (χ1n) is 14.1. The lowest BCUT2D eigenvalue weighted by molar-refractivity contribution is 0.0132. The molecule has 2 aromatic rings. The van der Waals surface area contributed by atoms with Gasteiger partial charge >= 0.3 is 11.9 Å². The number of hydrogen-bond acceptors (Lipinski definition) is 4. The summed E-state index contributed by atoms with van der Waals surface area (Å²) < 4.78 is 0. The molecule has 2 unspecified atom stereocenters. The van der Waals surface area contributed by atoms with E-state index in [0.717, 1.165) is 51.4 Å². The molecule has 6 nitrogen and oxygen atoms in total. The fourth-order valence-electron chi connectivity index (χ4n) is 3.76. The third-order valence-corrected chi connectivity index (χ3v) is 6.42. The first kappa shape index (κ1) is 35.3. The maximum absolute atomic E-state index is 10.5. The molecule has 0 aliphatic heterocycles. The molecule has 0 saturated carbocycles. The Morgan fingerprint density at radius 2 is 0.921 bits per heavy atom. The van der Waals surface area contributed by atoms with Gasteiger partial charge in [-0.05, 0) is 73.9 Å². The summed E-state index contributed by atoms with van der Waals surface area (Å²) in [4.78, 5) is 21.1. The highest BCUT2D eigenvalue weighted by molar-refractivity contribution is 5.87. The predicted octanol–water partition coefficient (Wildman–Crippen LogP) is 7.40. The summed E-state index contributed by atoms with van der Waals surface area (Å²) in [6.07, 6.45) is 9.60. The van der Waals surface area contributed by atoms with E-state index in [1.165, 1.54) is 24.0 Å². The van der Waals surface area contributed by atoms with Gasteiger partial charge in [0.25, 0.3) is 0 Å². The Balaban J connectivity index is 0.000000541.